The van der Waals surface area contributed by atoms with Crippen molar-refractivity contribution in [3.05, 3.63) is 52.0 Å². The maximum Gasteiger partial charge on any atom is 0.255 e. The second-order valence-electron chi connectivity index (χ2n) is 12.0. The first-order valence-corrected chi connectivity index (χ1v) is 13.6. The van der Waals surface area contributed by atoms with Gasteiger partial charge in [0.2, 0.25) is 5.78 Å². The summed E-state index contributed by atoms with van der Waals surface area (Å²) < 4.78 is 5.99. The molecule has 1 saturated carbocycles. The molecule has 1 aromatic carbocycles. The van der Waals surface area contributed by atoms with Gasteiger partial charge in [-0.25, -0.2) is 0 Å². The number of furan rings is 1. The minimum absolute atomic E-state index is 0.0121. The predicted octanol–water partition coefficient (Wildman–Crippen LogP) is 1.35. The van der Waals surface area contributed by atoms with Gasteiger partial charge >= 0.3 is 0 Å². The Bertz CT molecular complexity index is 1580. The highest BCUT2D eigenvalue weighted by Crippen LogP contribution is 2.55. The average Bonchev–Trinajstić information content (AvgIpc) is 3.33. The van der Waals surface area contributed by atoms with E-state index in [1.54, 1.807) is 32.3 Å². The van der Waals surface area contributed by atoms with Gasteiger partial charge in [0.15, 0.2) is 11.4 Å². The summed E-state index contributed by atoms with van der Waals surface area (Å²) in [6, 6.07) is 4.12. The summed E-state index contributed by atoms with van der Waals surface area (Å²) in [6.45, 7) is 0.526. The molecule has 0 radical (unpaired) electrons. The molecular weight excluding hydrogens is 544 g/mol. The Morgan fingerprint density at radius 3 is 2.33 bits per heavy atom. The van der Waals surface area contributed by atoms with E-state index in [9.17, 15) is 34.8 Å². The third-order valence-corrected chi connectivity index (χ3v) is 8.58. The number of aliphatic hydroxyl groups is 3. The number of nitrogens with two attached hydrogens (primary N) is 1. The number of Topliss-reactive ketones (excluding diaryl/α,β-unsaturated/α-hetero) is 2. The monoisotopic (exact) mass is 580 g/mol. The predicted molar refractivity (Wildman–Crippen MR) is 154 cm³/mol. The summed E-state index contributed by atoms with van der Waals surface area (Å²) in [5.41, 5.74) is 3.21. The number of rotatable bonds is 6. The van der Waals surface area contributed by atoms with E-state index in [1.807, 2.05) is 38.0 Å². The van der Waals surface area contributed by atoms with Gasteiger partial charge in [-0.15, -0.1) is 0 Å². The number of anilines is 1. The zero-order valence-electron chi connectivity index (χ0n) is 24.4. The number of nitrogens with zero attached hydrogens (tertiary/aromatic N) is 3. The van der Waals surface area contributed by atoms with Crippen molar-refractivity contribution in [2.75, 3.05) is 47.2 Å². The fraction of sp³-hybridized carbons (Fsp3) is 0.433. The Kier molecular flexibility index (Phi) is 6.99. The molecule has 1 amide bonds. The van der Waals surface area contributed by atoms with Crippen molar-refractivity contribution in [2.45, 2.75) is 31.0 Å². The van der Waals surface area contributed by atoms with Gasteiger partial charge in [0.05, 0.1) is 23.7 Å². The Morgan fingerprint density at radius 1 is 1.10 bits per heavy atom. The second-order valence-corrected chi connectivity index (χ2v) is 12.0. The third-order valence-electron chi connectivity index (χ3n) is 8.58. The van der Waals surface area contributed by atoms with Crippen molar-refractivity contribution in [3.8, 4) is 17.1 Å². The largest absolute Gasteiger partial charge is 0.508 e. The molecule has 12 heteroatoms. The Hall–Kier alpha value is -4.13. The van der Waals surface area contributed by atoms with Crippen molar-refractivity contribution in [1.29, 1.82) is 0 Å². The molecule has 1 heterocycles. The molecule has 42 heavy (non-hydrogen) atoms. The number of phenolic OH excluding ortho intramolecular Hbond substituents is 1. The highest BCUT2D eigenvalue weighted by molar-refractivity contribution is 6.24. The van der Waals surface area contributed by atoms with Gasteiger partial charge in [0.25, 0.3) is 5.91 Å². The molecule has 224 valence electrons. The number of amides is 1. The number of benzene rings is 1. The van der Waals surface area contributed by atoms with Gasteiger partial charge in [-0.1, -0.05) is 0 Å². The maximum absolute atomic E-state index is 14.1. The van der Waals surface area contributed by atoms with Gasteiger partial charge in [0.1, 0.15) is 34.4 Å². The number of hydrogen-bond acceptors (Lipinski definition) is 11. The second kappa shape index (κ2) is 10.0. The molecule has 0 saturated heterocycles. The van der Waals surface area contributed by atoms with Crippen LogP contribution >= 0.6 is 0 Å². The molecule has 6 N–H and O–H groups in total. The number of hydrogen-bond donors (Lipinski definition) is 5. The number of aliphatic hydroxyl groups excluding tert-OH is 2. The van der Waals surface area contributed by atoms with E-state index >= 15 is 0 Å². The SMILES string of the molecule is CN(C)Cc1ccc(-c2cc(N(C)C)c3c(c2O)C(O)=C2C(=O)[C@@]4(O)C(O)=C(C(N)=O)C(=O)C(N(C)C)[C@H]4C[C@@H]2C3)o1. The lowest BCUT2D eigenvalue weighted by Crippen LogP contribution is -2.65. The number of likely N-dealkylation sites (N-methyl/N-ethyl adjacent to an activating group) is 1. The highest BCUT2D eigenvalue weighted by Gasteiger charge is 2.64. The molecule has 4 atom stereocenters. The van der Waals surface area contributed by atoms with Crippen LogP contribution in [-0.2, 0) is 27.3 Å². The summed E-state index contributed by atoms with van der Waals surface area (Å²) >= 11 is 0. The summed E-state index contributed by atoms with van der Waals surface area (Å²) in [6.07, 6.45) is 0.215. The standard InChI is InChI=1S/C30H36N4O8/c1-32(2)12-14-7-8-19(42-14)16-11-18(33(3)4)15-9-13-10-17-23(34(5)6)26(37)22(29(31)40)28(39)30(17,41)27(38)20(13)25(36)21(15)24(16)35/h7-8,11,13,17,23,35-36,39,41H,9-10,12H2,1-6H3,(H2,31,40)/t13-,17+,23?,30+/m0/s1. The van der Waals surface area contributed by atoms with E-state index in [1.165, 1.54) is 4.90 Å². The molecular formula is C30H36N4O8. The topological polar surface area (TPSA) is 181 Å². The number of primary amides is 1. The van der Waals surface area contributed by atoms with Crippen LogP contribution in [-0.4, -0.2) is 102 Å². The smallest absolute Gasteiger partial charge is 0.255 e. The van der Waals surface area contributed by atoms with E-state index in [2.05, 4.69) is 0 Å². The number of fused-ring (bicyclic) bond motifs is 3. The number of ketones is 2. The molecule has 0 aliphatic heterocycles. The molecule has 0 bridgehead atoms. The zero-order chi connectivity index (χ0) is 31.0. The van der Waals surface area contributed by atoms with Crippen molar-refractivity contribution in [2.24, 2.45) is 17.6 Å². The maximum atomic E-state index is 14.1. The fourth-order valence-corrected chi connectivity index (χ4v) is 6.80. The van der Waals surface area contributed by atoms with Gasteiger partial charge in [-0.05, 0) is 70.7 Å². The van der Waals surface area contributed by atoms with Crippen molar-refractivity contribution in [3.63, 3.8) is 0 Å². The highest BCUT2D eigenvalue weighted by atomic mass is 16.4. The molecule has 3 aliphatic rings. The average molecular weight is 581 g/mol. The summed E-state index contributed by atoms with van der Waals surface area (Å²) in [7, 11) is 10.5. The van der Waals surface area contributed by atoms with Crippen LogP contribution in [0.5, 0.6) is 5.75 Å². The molecule has 3 aliphatic carbocycles. The number of carbonyl (C=O) groups excluding carboxylic acids is 3. The molecule has 1 aromatic heterocycles. The quantitative estimate of drug-likeness (QED) is 0.311. The van der Waals surface area contributed by atoms with Crippen LogP contribution in [0, 0.1) is 11.8 Å². The lowest BCUT2D eigenvalue weighted by atomic mass is 9.57. The molecule has 2 aromatic rings. The molecule has 0 spiro atoms. The fourth-order valence-electron chi connectivity index (χ4n) is 6.80. The van der Waals surface area contributed by atoms with Crippen LogP contribution in [0.3, 0.4) is 0 Å². The lowest BCUT2D eigenvalue weighted by molar-refractivity contribution is -0.153. The van der Waals surface area contributed by atoms with Gasteiger partial charge < -0.3 is 40.4 Å². The Labute approximate surface area is 242 Å². The minimum atomic E-state index is -2.69. The lowest BCUT2D eigenvalue weighted by Gasteiger charge is -2.50. The molecule has 12 nitrogen and oxygen atoms in total. The van der Waals surface area contributed by atoms with Crippen LogP contribution in [0.15, 0.2) is 39.5 Å². The summed E-state index contributed by atoms with van der Waals surface area (Å²) in [5, 5.41) is 46.0. The van der Waals surface area contributed by atoms with E-state index < -0.39 is 58.0 Å². The number of phenols is 1. The van der Waals surface area contributed by atoms with Crippen LogP contribution in [0.2, 0.25) is 0 Å². The van der Waals surface area contributed by atoms with Crippen LogP contribution in [0.1, 0.15) is 23.3 Å². The number of carbonyl (C=O) groups is 3. The molecule has 5 rings (SSSR count). The van der Waals surface area contributed by atoms with E-state index in [-0.39, 0.29) is 29.7 Å². The van der Waals surface area contributed by atoms with Crippen molar-refractivity contribution < 1.29 is 39.2 Å². The van der Waals surface area contributed by atoms with Crippen molar-refractivity contribution >= 4 is 28.9 Å². The van der Waals surface area contributed by atoms with Crippen LogP contribution in [0.4, 0.5) is 5.69 Å². The summed E-state index contributed by atoms with van der Waals surface area (Å²) in [4.78, 5) is 44.8. The summed E-state index contributed by atoms with van der Waals surface area (Å²) in [5.74, 6) is -5.87. The normalized spacial score (nSPS) is 25.6. The van der Waals surface area contributed by atoms with E-state index in [0.717, 1.165) is 0 Å². The van der Waals surface area contributed by atoms with Crippen molar-refractivity contribution in [1.82, 2.24) is 9.80 Å². The van der Waals surface area contributed by atoms with Gasteiger partial charge in [0, 0.05) is 31.3 Å². The first-order valence-electron chi connectivity index (χ1n) is 13.6. The zero-order valence-corrected chi connectivity index (χ0v) is 24.4. The van der Waals surface area contributed by atoms with E-state index in [0.29, 0.717) is 34.9 Å². The minimum Gasteiger partial charge on any atom is -0.508 e. The van der Waals surface area contributed by atoms with Gasteiger partial charge in [-0.3, -0.25) is 19.3 Å². The third kappa shape index (κ3) is 4.12. The molecule has 1 unspecified atom stereocenters. The van der Waals surface area contributed by atoms with Crippen LogP contribution in [0.25, 0.3) is 17.1 Å². The van der Waals surface area contributed by atoms with E-state index in [4.69, 9.17) is 10.2 Å². The Morgan fingerprint density at radius 2 is 1.76 bits per heavy atom. The van der Waals surface area contributed by atoms with Crippen LogP contribution < -0.4 is 10.6 Å². The first kappa shape index (κ1) is 29.4. The van der Waals surface area contributed by atoms with Gasteiger partial charge in [-0.2, -0.15) is 0 Å². The Balaban J connectivity index is 1.73. The first-order chi connectivity index (χ1) is 19.6. The molecule has 1 fully saturated rings. The number of aromatic hydroxyl groups is 1.